The zero-order valence-corrected chi connectivity index (χ0v) is 16.9. The molecule has 0 fully saturated rings. The largest absolute Gasteiger partial charge is 0.514 e. The van der Waals surface area contributed by atoms with Crippen LogP contribution in [-0.4, -0.2) is 17.2 Å². The Balaban J connectivity index is 0.000000313. The van der Waals surface area contributed by atoms with Gasteiger partial charge in [0.05, 0.1) is 4.92 Å². The van der Waals surface area contributed by atoms with E-state index in [9.17, 15) is 14.9 Å². The van der Waals surface area contributed by atoms with Crippen LogP contribution in [0.2, 0.25) is 0 Å². The number of benzene rings is 2. The summed E-state index contributed by atoms with van der Waals surface area (Å²) in [6.07, 6.45) is 7.93. The number of nitro benzene ring substituents is 1. The van der Waals surface area contributed by atoms with Crippen molar-refractivity contribution >= 4 is 11.8 Å². The second kappa shape index (κ2) is 11.6. The summed E-state index contributed by atoms with van der Waals surface area (Å²) in [5, 5.41) is 10.5. The van der Waals surface area contributed by atoms with Gasteiger partial charge in [-0.2, -0.15) is 0 Å². The van der Waals surface area contributed by atoms with Gasteiger partial charge >= 0.3 is 6.16 Å². The number of allylic oxidation sites excluding steroid dienone is 1. The van der Waals surface area contributed by atoms with E-state index in [2.05, 4.69) is 38.1 Å². The number of hydrogen-bond donors (Lipinski definition) is 0. The van der Waals surface area contributed by atoms with Crippen molar-refractivity contribution in [2.24, 2.45) is 0 Å². The van der Waals surface area contributed by atoms with Gasteiger partial charge in [0, 0.05) is 12.1 Å². The van der Waals surface area contributed by atoms with Crippen LogP contribution in [0.4, 0.5) is 10.5 Å². The van der Waals surface area contributed by atoms with E-state index in [-0.39, 0.29) is 17.5 Å². The Kier molecular flexibility index (Phi) is 8.89. The van der Waals surface area contributed by atoms with E-state index in [4.69, 9.17) is 9.47 Å². The molecule has 2 aromatic carbocycles. The Labute approximate surface area is 171 Å². The molecule has 3 rings (SSSR count). The van der Waals surface area contributed by atoms with Crippen molar-refractivity contribution in [2.75, 3.05) is 0 Å². The summed E-state index contributed by atoms with van der Waals surface area (Å²) >= 11 is 0. The molecular formula is C23H27NO5. The molecule has 2 aromatic rings. The molecule has 0 N–H and O–H groups in total. The van der Waals surface area contributed by atoms with Gasteiger partial charge in [0.15, 0.2) is 0 Å². The highest BCUT2D eigenvalue weighted by Gasteiger charge is 2.15. The molecule has 1 aliphatic carbocycles. The number of nitrogens with zero attached hydrogens (tertiary/aromatic N) is 1. The monoisotopic (exact) mass is 397 g/mol. The number of carbonyl (C=O) groups excluding carboxylic acids is 1. The Morgan fingerprint density at radius 3 is 2.24 bits per heavy atom. The Bertz CT molecular complexity index is 808. The van der Waals surface area contributed by atoms with E-state index in [0.29, 0.717) is 0 Å². The first-order valence-electron chi connectivity index (χ1n) is 9.77. The molecule has 0 radical (unpaired) electrons. The summed E-state index contributed by atoms with van der Waals surface area (Å²) in [5.41, 5.74) is 2.68. The predicted molar refractivity (Wildman–Crippen MR) is 112 cm³/mol. The molecule has 1 unspecified atom stereocenters. The van der Waals surface area contributed by atoms with E-state index < -0.39 is 11.1 Å². The van der Waals surface area contributed by atoms with E-state index in [1.54, 1.807) is 0 Å². The number of non-ortho nitro benzene ring substituents is 1. The van der Waals surface area contributed by atoms with Crippen LogP contribution in [0.5, 0.6) is 5.75 Å². The average Bonchev–Trinajstić information content (AvgIpc) is 2.67. The normalized spacial score (nSPS) is 17.0. The molecule has 0 aromatic heterocycles. The van der Waals surface area contributed by atoms with Crippen LogP contribution in [0.3, 0.4) is 0 Å². The van der Waals surface area contributed by atoms with Gasteiger partial charge in [-0.1, -0.05) is 36.8 Å². The molecule has 29 heavy (non-hydrogen) atoms. The first kappa shape index (κ1) is 22.1. The van der Waals surface area contributed by atoms with Gasteiger partial charge in [-0.15, -0.1) is 0 Å². The smallest absolute Gasteiger partial charge is 0.426 e. The topological polar surface area (TPSA) is 78.7 Å². The van der Waals surface area contributed by atoms with Gasteiger partial charge in [-0.3, -0.25) is 10.1 Å². The van der Waals surface area contributed by atoms with Crippen LogP contribution in [0.15, 0.2) is 60.7 Å². The lowest BCUT2D eigenvalue weighted by molar-refractivity contribution is -0.384. The molecule has 0 amide bonds. The van der Waals surface area contributed by atoms with E-state index in [1.165, 1.54) is 35.4 Å². The number of hydrogen-bond acceptors (Lipinski definition) is 5. The minimum Gasteiger partial charge on any atom is -0.426 e. The summed E-state index contributed by atoms with van der Waals surface area (Å²) in [6.45, 7) is 4.24. The van der Waals surface area contributed by atoms with Gasteiger partial charge < -0.3 is 9.47 Å². The number of carbonyl (C=O) groups is 1. The maximum Gasteiger partial charge on any atom is 0.514 e. The maximum absolute atomic E-state index is 11.7. The molecule has 0 aliphatic heterocycles. The average molecular weight is 397 g/mol. The minimum absolute atomic E-state index is 0.0568. The first-order valence-corrected chi connectivity index (χ1v) is 9.77. The zero-order valence-electron chi connectivity index (χ0n) is 16.9. The third-order valence-electron chi connectivity index (χ3n) is 4.63. The Morgan fingerprint density at radius 1 is 1.00 bits per heavy atom. The number of ether oxygens (including phenoxy) is 2. The minimum atomic E-state index is -0.793. The number of nitro groups is 1. The SMILES string of the molecule is Cc1ccccc1C.O=C(Oc1ccc([N+](=O)[O-])cc1)OC1/C=C/CCCCC1. The van der Waals surface area contributed by atoms with Crippen molar-refractivity contribution in [1.29, 1.82) is 0 Å². The third-order valence-corrected chi connectivity index (χ3v) is 4.63. The van der Waals surface area contributed by atoms with Crippen LogP contribution < -0.4 is 4.74 Å². The highest BCUT2D eigenvalue weighted by atomic mass is 16.7. The molecule has 6 nitrogen and oxygen atoms in total. The number of aryl methyl sites for hydroxylation is 2. The summed E-state index contributed by atoms with van der Waals surface area (Å²) < 4.78 is 10.2. The van der Waals surface area contributed by atoms with Gasteiger partial charge in [-0.05, 0) is 68.9 Å². The molecule has 0 heterocycles. The fraction of sp³-hybridized carbons (Fsp3) is 0.348. The van der Waals surface area contributed by atoms with Crippen LogP contribution in [0.1, 0.15) is 43.2 Å². The quantitative estimate of drug-likeness (QED) is 0.200. The molecule has 154 valence electrons. The summed E-state index contributed by atoms with van der Waals surface area (Å²) in [7, 11) is 0. The van der Waals surface area contributed by atoms with Crippen molar-refractivity contribution in [3.63, 3.8) is 0 Å². The van der Waals surface area contributed by atoms with E-state index in [0.717, 1.165) is 32.1 Å². The third kappa shape index (κ3) is 8.17. The van der Waals surface area contributed by atoms with Gasteiger partial charge in [0.25, 0.3) is 5.69 Å². The van der Waals surface area contributed by atoms with Gasteiger partial charge in [0.1, 0.15) is 11.9 Å². The molecule has 0 saturated carbocycles. The molecule has 0 bridgehead atoms. The van der Waals surface area contributed by atoms with Crippen molar-refractivity contribution in [3.05, 3.63) is 81.9 Å². The second-order valence-electron chi connectivity index (χ2n) is 6.91. The summed E-state index contributed by atoms with van der Waals surface area (Å²) in [6, 6.07) is 13.6. The zero-order chi connectivity index (χ0) is 21.1. The fourth-order valence-electron chi connectivity index (χ4n) is 2.77. The highest BCUT2D eigenvalue weighted by molar-refractivity contribution is 5.64. The maximum atomic E-state index is 11.7. The summed E-state index contributed by atoms with van der Waals surface area (Å²) in [5.74, 6) is 0.223. The van der Waals surface area contributed by atoms with Crippen molar-refractivity contribution in [3.8, 4) is 5.75 Å². The molecule has 1 aliphatic rings. The standard InChI is InChI=1S/C15H17NO5.C8H10/c17-15(20-13-6-4-2-1-3-5-7-13)21-14-10-8-12(9-11-14)16(18)19;1-7-5-3-4-6-8(7)2/h4,6,8-11,13H,1-3,5,7H2;3-6H,1-2H3/b6-4+;. The molecule has 6 heteroatoms. The lowest BCUT2D eigenvalue weighted by Crippen LogP contribution is -2.19. The lowest BCUT2D eigenvalue weighted by Gasteiger charge is -2.15. The van der Waals surface area contributed by atoms with Crippen LogP contribution in [0, 0.1) is 24.0 Å². The van der Waals surface area contributed by atoms with Crippen molar-refractivity contribution < 1.29 is 19.2 Å². The van der Waals surface area contributed by atoms with Crippen molar-refractivity contribution in [2.45, 2.75) is 52.1 Å². The second-order valence-corrected chi connectivity index (χ2v) is 6.91. The van der Waals surface area contributed by atoms with Crippen LogP contribution in [0.25, 0.3) is 0 Å². The van der Waals surface area contributed by atoms with Crippen molar-refractivity contribution in [1.82, 2.24) is 0 Å². The highest BCUT2D eigenvalue weighted by Crippen LogP contribution is 2.19. The van der Waals surface area contributed by atoms with Crippen LogP contribution in [-0.2, 0) is 4.74 Å². The predicted octanol–water partition coefficient (Wildman–Crippen LogP) is 6.30. The Hall–Kier alpha value is -3.15. The Morgan fingerprint density at radius 2 is 1.66 bits per heavy atom. The molecular weight excluding hydrogens is 370 g/mol. The number of rotatable bonds is 3. The molecule has 0 spiro atoms. The first-order chi connectivity index (χ1) is 14.0. The summed E-state index contributed by atoms with van der Waals surface area (Å²) in [4.78, 5) is 21.7. The molecule has 1 atom stereocenters. The van der Waals surface area contributed by atoms with Gasteiger partial charge in [-0.25, -0.2) is 4.79 Å². The van der Waals surface area contributed by atoms with E-state index in [1.807, 2.05) is 12.2 Å². The molecule has 0 saturated heterocycles. The lowest BCUT2D eigenvalue weighted by atomic mass is 10.0. The van der Waals surface area contributed by atoms with Crippen LogP contribution >= 0.6 is 0 Å². The fourth-order valence-corrected chi connectivity index (χ4v) is 2.77. The van der Waals surface area contributed by atoms with Gasteiger partial charge in [0.2, 0.25) is 0 Å². The van der Waals surface area contributed by atoms with E-state index >= 15 is 0 Å².